The van der Waals surface area contributed by atoms with Crippen LogP contribution in [0.4, 0.5) is 0 Å². The molecule has 0 heterocycles. The summed E-state index contributed by atoms with van der Waals surface area (Å²) >= 11 is 0. The third-order valence-electron chi connectivity index (χ3n) is 0.738. The van der Waals surface area contributed by atoms with Crippen molar-refractivity contribution >= 4 is 5.91 Å². The minimum Gasteiger partial charge on any atom is -0.337 e. The molecule has 0 aliphatic carbocycles. The molecule has 0 radical (unpaired) electrons. The molecule has 0 fully saturated rings. The van der Waals surface area contributed by atoms with Crippen molar-refractivity contribution in [3.63, 3.8) is 0 Å². The minimum absolute atomic E-state index is 0.316. The van der Waals surface area contributed by atoms with E-state index in [-0.39, 0.29) is 5.91 Å². The van der Waals surface area contributed by atoms with Crippen molar-refractivity contribution in [2.24, 2.45) is 0 Å². The normalized spacial score (nSPS) is 11.1. The molecule has 48 valence electrons. The highest BCUT2D eigenvalue weighted by Crippen LogP contribution is 1.76. The van der Waals surface area contributed by atoms with E-state index in [4.69, 9.17) is 5.26 Å². The lowest BCUT2D eigenvalue weighted by atomic mass is 10.4. The van der Waals surface area contributed by atoms with E-state index >= 15 is 0 Å². The van der Waals surface area contributed by atoms with Crippen LogP contribution >= 0.6 is 0 Å². The van der Waals surface area contributed by atoms with Gasteiger partial charge in [-0.2, -0.15) is 5.26 Å². The van der Waals surface area contributed by atoms with Crippen molar-refractivity contribution in [3.05, 3.63) is 12.7 Å². The van der Waals surface area contributed by atoms with Gasteiger partial charge in [0.2, 0.25) is 5.91 Å². The molecular formula is C6H8N2O. The first-order chi connectivity index (χ1) is 4.20. The Morgan fingerprint density at radius 3 is 2.89 bits per heavy atom. The van der Waals surface area contributed by atoms with Crippen LogP contribution in [0.5, 0.6) is 0 Å². The van der Waals surface area contributed by atoms with Gasteiger partial charge in [-0.25, -0.2) is 0 Å². The van der Waals surface area contributed by atoms with E-state index in [1.54, 1.807) is 6.92 Å². The van der Waals surface area contributed by atoms with Crippen LogP contribution in [0.25, 0.3) is 0 Å². The molecule has 9 heavy (non-hydrogen) atoms. The maximum absolute atomic E-state index is 10.4. The number of nitriles is 1. The van der Waals surface area contributed by atoms with E-state index in [0.29, 0.717) is 0 Å². The molecule has 0 rings (SSSR count). The molecule has 0 aliphatic rings. The second-order valence-electron chi connectivity index (χ2n) is 1.56. The number of rotatable bonds is 2. The first kappa shape index (κ1) is 7.70. The summed E-state index contributed by atoms with van der Waals surface area (Å²) in [4.78, 5) is 10.4. The van der Waals surface area contributed by atoms with Gasteiger partial charge in [0.1, 0.15) is 6.04 Å². The van der Waals surface area contributed by atoms with E-state index in [9.17, 15) is 4.79 Å². The number of carbonyl (C=O) groups excluding carboxylic acids is 1. The Morgan fingerprint density at radius 1 is 2.00 bits per heavy atom. The summed E-state index contributed by atoms with van der Waals surface area (Å²) in [5.74, 6) is -0.316. The van der Waals surface area contributed by atoms with Gasteiger partial charge in [-0.15, -0.1) is 0 Å². The monoisotopic (exact) mass is 124 g/mol. The predicted octanol–water partition coefficient (Wildman–Crippen LogP) is 0.201. The number of carbonyl (C=O) groups is 1. The SMILES string of the molecule is C=CC(=O)NC(C)C#N. The topological polar surface area (TPSA) is 52.9 Å². The molecule has 0 spiro atoms. The molecule has 0 aliphatic heterocycles. The Labute approximate surface area is 54.0 Å². The number of hydrogen-bond acceptors (Lipinski definition) is 2. The van der Waals surface area contributed by atoms with Gasteiger partial charge in [0.25, 0.3) is 0 Å². The smallest absolute Gasteiger partial charge is 0.244 e. The second kappa shape index (κ2) is 3.67. The van der Waals surface area contributed by atoms with Crippen molar-refractivity contribution < 1.29 is 4.79 Å². The maximum Gasteiger partial charge on any atom is 0.244 e. The lowest BCUT2D eigenvalue weighted by molar-refractivity contribution is -0.116. The number of nitrogens with one attached hydrogen (secondary N) is 1. The van der Waals surface area contributed by atoms with Crippen molar-refractivity contribution in [2.45, 2.75) is 13.0 Å². The third kappa shape index (κ3) is 3.30. The molecule has 3 nitrogen and oxygen atoms in total. The lowest BCUT2D eigenvalue weighted by Crippen LogP contribution is -2.29. The average Bonchev–Trinajstić information content (AvgIpc) is 1.87. The fourth-order valence-electron chi connectivity index (χ4n) is 0.305. The summed E-state index contributed by atoms with van der Waals surface area (Å²) in [6.45, 7) is 4.83. The van der Waals surface area contributed by atoms with Crippen LogP contribution in [0.3, 0.4) is 0 Å². The van der Waals surface area contributed by atoms with Crippen molar-refractivity contribution in [1.29, 1.82) is 5.26 Å². The van der Waals surface area contributed by atoms with E-state index in [1.807, 2.05) is 6.07 Å². The summed E-state index contributed by atoms with van der Waals surface area (Å²) in [7, 11) is 0. The molecule has 1 atom stereocenters. The molecule has 1 unspecified atom stereocenters. The Kier molecular flexibility index (Phi) is 3.14. The summed E-state index contributed by atoms with van der Waals surface area (Å²) in [6, 6.07) is 1.42. The van der Waals surface area contributed by atoms with Gasteiger partial charge in [-0.1, -0.05) is 6.58 Å². The lowest BCUT2D eigenvalue weighted by Gasteiger charge is -2.00. The van der Waals surface area contributed by atoms with Crippen LogP contribution < -0.4 is 5.32 Å². The molecule has 0 aromatic heterocycles. The minimum atomic E-state index is -0.435. The highest BCUT2D eigenvalue weighted by atomic mass is 16.1. The average molecular weight is 124 g/mol. The number of nitrogens with zero attached hydrogens (tertiary/aromatic N) is 1. The second-order valence-corrected chi connectivity index (χ2v) is 1.56. The maximum atomic E-state index is 10.4. The molecule has 0 saturated heterocycles. The zero-order valence-electron chi connectivity index (χ0n) is 5.22. The van der Waals surface area contributed by atoms with Crippen molar-refractivity contribution in [2.75, 3.05) is 0 Å². The Balaban J connectivity index is 3.62. The van der Waals surface area contributed by atoms with E-state index in [2.05, 4.69) is 11.9 Å². The van der Waals surface area contributed by atoms with E-state index < -0.39 is 6.04 Å². The molecule has 1 amide bonds. The summed E-state index contributed by atoms with van der Waals surface area (Å²) in [6.07, 6.45) is 1.13. The third-order valence-corrected chi connectivity index (χ3v) is 0.738. The molecule has 3 heteroatoms. The van der Waals surface area contributed by atoms with Crippen LogP contribution in [-0.4, -0.2) is 11.9 Å². The number of amides is 1. The van der Waals surface area contributed by atoms with Gasteiger partial charge >= 0.3 is 0 Å². The molecule has 0 aromatic rings. The van der Waals surface area contributed by atoms with Crippen LogP contribution in [-0.2, 0) is 4.79 Å². The van der Waals surface area contributed by atoms with Crippen LogP contribution in [0.2, 0.25) is 0 Å². The van der Waals surface area contributed by atoms with E-state index in [0.717, 1.165) is 6.08 Å². The van der Waals surface area contributed by atoms with Crippen LogP contribution in [0.15, 0.2) is 12.7 Å². The Morgan fingerprint density at radius 2 is 2.56 bits per heavy atom. The Bertz CT molecular complexity index is 157. The molecule has 1 N–H and O–H groups in total. The highest BCUT2D eigenvalue weighted by Gasteiger charge is 1.98. The summed E-state index contributed by atoms with van der Waals surface area (Å²) < 4.78 is 0. The first-order valence-electron chi connectivity index (χ1n) is 2.53. The summed E-state index contributed by atoms with van der Waals surface area (Å²) in [5, 5.41) is 10.5. The zero-order chi connectivity index (χ0) is 7.28. The van der Waals surface area contributed by atoms with E-state index in [1.165, 1.54) is 0 Å². The van der Waals surface area contributed by atoms with Gasteiger partial charge in [-0.3, -0.25) is 4.79 Å². The van der Waals surface area contributed by atoms with Crippen molar-refractivity contribution in [1.82, 2.24) is 5.32 Å². The van der Waals surface area contributed by atoms with Gasteiger partial charge in [0.05, 0.1) is 6.07 Å². The largest absolute Gasteiger partial charge is 0.337 e. The fourth-order valence-corrected chi connectivity index (χ4v) is 0.305. The van der Waals surface area contributed by atoms with Crippen LogP contribution in [0, 0.1) is 11.3 Å². The molecule has 0 aromatic carbocycles. The fraction of sp³-hybridized carbons (Fsp3) is 0.333. The van der Waals surface area contributed by atoms with Crippen LogP contribution in [0.1, 0.15) is 6.92 Å². The highest BCUT2D eigenvalue weighted by molar-refractivity contribution is 5.87. The van der Waals surface area contributed by atoms with Gasteiger partial charge < -0.3 is 5.32 Å². The summed E-state index contributed by atoms with van der Waals surface area (Å²) in [5.41, 5.74) is 0. The standard InChI is InChI=1S/C6H8N2O/c1-3-6(9)8-5(2)4-7/h3,5H,1H2,2H3,(H,8,9). The van der Waals surface area contributed by atoms with Gasteiger partial charge in [-0.05, 0) is 13.0 Å². The quantitative estimate of drug-likeness (QED) is 0.534. The first-order valence-corrected chi connectivity index (χ1v) is 2.53. The van der Waals surface area contributed by atoms with Crippen molar-refractivity contribution in [3.8, 4) is 6.07 Å². The molecule has 0 bridgehead atoms. The molecular weight excluding hydrogens is 116 g/mol. The van der Waals surface area contributed by atoms with Gasteiger partial charge in [0.15, 0.2) is 0 Å². The Hall–Kier alpha value is -1.30. The zero-order valence-corrected chi connectivity index (χ0v) is 5.22. The predicted molar refractivity (Wildman–Crippen MR) is 33.4 cm³/mol. The van der Waals surface area contributed by atoms with Gasteiger partial charge in [0, 0.05) is 0 Å². The molecule has 0 saturated carbocycles. The number of hydrogen-bond donors (Lipinski definition) is 1.